The third-order valence-electron chi connectivity index (χ3n) is 7.63. The minimum atomic E-state index is -0.941. The fraction of sp³-hybridized carbons (Fsp3) is 0.294. The zero-order chi connectivity index (χ0) is 31.7. The number of aliphatic hydroxyl groups is 1. The van der Waals surface area contributed by atoms with Crippen molar-refractivity contribution in [3.63, 3.8) is 0 Å². The Hall–Kier alpha value is -3.86. The van der Waals surface area contributed by atoms with Crippen molar-refractivity contribution in [1.82, 2.24) is 10.2 Å². The highest BCUT2D eigenvalue weighted by atomic mass is 35.5. The van der Waals surface area contributed by atoms with Gasteiger partial charge in [0.1, 0.15) is 23.4 Å². The molecule has 0 aliphatic carbocycles. The van der Waals surface area contributed by atoms with Gasteiger partial charge in [-0.15, -0.1) is 10.2 Å². The quantitative estimate of drug-likeness (QED) is 0.0603. The molecule has 4 aromatic rings. The lowest BCUT2D eigenvalue weighted by Crippen LogP contribution is -2.29. The standard InChI is InChI=1S/C34H32ClN3O5S2/c1-19(2)13-14-42-26-6-4-5-22(17-26)29-28(30(39)23-9-12-27-24(16-23)15-20(3)43-27)31(40)32(41)38(29)33-36-37-34(45-33)44-18-21-7-10-25(35)11-8-21/h4-12,16-17,19-20,29,39H,13-15,18H2,1-3H3/t20-,29-/m1/s1. The Kier molecular flexibility index (Phi) is 9.16. The molecular formula is C34H32ClN3O5S2. The number of nitrogens with zero attached hydrogens (tertiary/aromatic N) is 3. The van der Waals surface area contributed by atoms with E-state index in [9.17, 15) is 14.7 Å². The van der Waals surface area contributed by atoms with Crippen molar-refractivity contribution in [3.05, 3.63) is 99.6 Å². The van der Waals surface area contributed by atoms with E-state index in [-0.39, 0.29) is 22.6 Å². The maximum atomic E-state index is 13.7. The van der Waals surface area contributed by atoms with E-state index in [0.717, 1.165) is 23.3 Å². The van der Waals surface area contributed by atoms with Gasteiger partial charge in [0.2, 0.25) is 5.13 Å². The Morgan fingerprint density at radius 1 is 1.13 bits per heavy atom. The molecule has 8 nitrogen and oxygen atoms in total. The summed E-state index contributed by atoms with van der Waals surface area (Å²) in [7, 11) is 0. The molecule has 1 saturated heterocycles. The summed E-state index contributed by atoms with van der Waals surface area (Å²) in [4.78, 5) is 28.8. The normalized spacial score (nSPS) is 18.8. The summed E-state index contributed by atoms with van der Waals surface area (Å²) in [6.45, 7) is 6.76. The highest BCUT2D eigenvalue weighted by molar-refractivity contribution is 8.00. The topological polar surface area (TPSA) is 102 Å². The number of amides is 1. The number of hydrogen-bond donors (Lipinski definition) is 1. The number of ketones is 1. The van der Waals surface area contributed by atoms with Crippen LogP contribution in [-0.4, -0.2) is 39.7 Å². The highest BCUT2D eigenvalue weighted by Gasteiger charge is 2.48. The summed E-state index contributed by atoms with van der Waals surface area (Å²) < 4.78 is 12.5. The summed E-state index contributed by atoms with van der Waals surface area (Å²) in [6, 6.07) is 19.2. The first kappa shape index (κ1) is 31.1. The van der Waals surface area contributed by atoms with Crippen LogP contribution in [0.2, 0.25) is 5.02 Å². The van der Waals surface area contributed by atoms with E-state index in [0.29, 0.717) is 50.9 Å². The van der Waals surface area contributed by atoms with Crippen molar-refractivity contribution in [2.75, 3.05) is 11.5 Å². The van der Waals surface area contributed by atoms with Crippen LogP contribution >= 0.6 is 34.7 Å². The van der Waals surface area contributed by atoms with E-state index < -0.39 is 17.7 Å². The van der Waals surface area contributed by atoms with E-state index in [4.69, 9.17) is 21.1 Å². The van der Waals surface area contributed by atoms with Gasteiger partial charge in [0.05, 0.1) is 18.2 Å². The average molecular weight is 662 g/mol. The Labute approximate surface area is 275 Å². The molecule has 1 aromatic heterocycles. The number of ether oxygens (including phenoxy) is 2. The number of halogens is 1. The molecule has 11 heteroatoms. The molecule has 0 radical (unpaired) electrons. The Bertz CT molecular complexity index is 1770. The number of carbonyl (C=O) groups excluding carboxylic acids is 2. The molecule has 232 valence electrons. The molecule has 1 fully saturated rings. The number of Topliss-reactive ketones (excluding diaryl/α,β-unsaturated/α-hetero) is 1. The predicted octanol–water partition coefficient (Wildman–Crippen LogP) is 7.86. The second-order valence-electron chi connectivity index (χ2n) is 11.5. The summed E-state index contributed by atoms with van der Waals surface area (Å²) in [6.07, 6.45) is 1.58. The lowest BCUT2D eigenvalue weighted by Gasteiger charge is -2.23. The first-order chi connectivity index (χ1) is 21.7. The number of thioether (sulfide) groups is 1. The van der Waals surface area contributed by atoms with Gasteiger partial charge in [0, 0.05) is 22.8 Å². The molecule has 1 amide bonds. The molecule has 3 heterocycles. The van der Waals surface area contributed by atoms with Gasteiger partial charge in [-0.25, -0.2) is 0 Å². The Morgan fingerprint density at radius 3 is 2.71 bits per heavy atom. The van der Waals surface area contributed by atoms with Gasteiger partial charge in [-0.1, -0.05) is 72.8 Å². The number of carbonyl (C=O) groups is 2. The van der Waals surface area contributed by atoms with Crippen LogP contribution in [0.25, 0.3) is 5.76 Å². The maximum absolute atomic E-state index is 13.7. The largest absolute Gasteiger partial charge is 0.507 e. The molecule has 6 rings (SSSR count). The van der Waals surface area contributed by atoms with Gasteiger partial charge in [0.25, 0.3) is 5.78 Å². The van der Waals surface area contributed by atoms with Gasteiger partial charge in [-0.2, -0.15) is 0 Å². The molecular weight excluding hydrogens is 630 g/mol. The lowest BCUT2D eigenvalue weighted by atomic mass is 9.94. The first-order valence-electron chi connectivity index (χ1n) is 14.7. The lowest BCUT2D eigenvalue weighted by molar-refractivity contribution is -0.132. The number of benzene rings is 3. The SMILES string of the molecule is CC(C)CCOc1cccc([C@@H]2C(=C(O)c3ccc4c(c3)C[C@@H](C)O4)C(=O)C(=O)N2c2nnc(SCc3ccc(Cl)cc3)s2)c1. The second kappa shape index (κ2) is 13.2. The fourth-order valence-corrected chi connectivity index (χ4v) is 7.29. The number of anilines is 1. The van der Waals surface area contributed by atoms with Gasteiger partial charge in [0.15, 0.2) is 4.34 Å². The van der Waals surface area contributed by atoms with E-state index in [1.54, 1.807) is 12.1 Å². The number of hydrogen-bond acceptors (Lipinski definition) is 9. The molecule has 3 aromatic carbocycles. The maximum Gasteiger partial charge on any atom is 0.301 e. The Morgan fingerprint density at radius 2 is 1.93 bits per heavy atom. The molecule has 0 bridgehead atoms. The van der Waals surface area contributed by atoms with Crippen molar-refractivity contribution < 1.29 is 24.2 Å². The summed E-state index contributed by atoms with van der Waals surface area (Å²) >= 11 is 8.71. The third kappa shape index (κ3) is 6.73. The summed E-state index contributed by atoms with van der Waals surface area (Å²) in [5.41, 5.74) is 3.03. The van der Waals surface area contributed by atoms with Crippen molar-refractivity contribution >= 4 is 57.3 Å². The van der Waals surface area contributed by atoms with E-state index in [1.165, 1.54) is 28.0 Å². The second-order valence-corrected chi connectivity index (χ2v) is 14.1. The molecule has 45 heavy (non-hydrogen) atoms. The smallest absolute Gasteiger partial charge is 0.301 e. The molecule has 2 aliphatic heterocycles. The van der Waals surface area contributed by atoms with Gasteiger partial charge >= 0.3 is 5.91 Å². The first-order valence-corrected chi connectivity index (χ1v) is 16.9. The van der Waals surface area contributed by atoms with Crippen LogP contribution in [0.15, 0.2) is 76.6 Å². The summed E-state index contributed by atoms with van der Waals surface area (Å²) in [5.74, 6) is 0.639. The van der Waals surface area contributed by atoms with Crippen LogP contribution in [0.4, 0.5) is 5.13 Å². The molecule has 0 saturated carbocycles. The van der Waals surface area contributed by atoms with Gasteiger partial charge in [-0.3, -0.25) is 14.5 Å². The number of rotatable bonds is 10. The zero-order valence-corrected chi connectivity index (χ0v) is 27.4. The highest BCUT2D eigenvalue weighted by Crippen LogP contribution is 2.45. The molecule has 0 unspecified atom stereocenters. The van der Waals surface area contributed by atoms with Crippen molar-refractivity contribution in [2.24, 2.45) is 5.92 Å². The zero-order valence-electron chi connectivity index (χ0n) is 25.0. The molecule has 2 aliphatic rings. The monoisotopic (exact) mass is 661 g/mol. The van der Waals surface area contributed by atoms with Gasteiger partial charge < -0.3 is 14.6 Å². The molecule has 1 N–H and O–H groups in total. The van der Waals surface area contributed by atoms with Crippen LogP contribution in [0.1, 0.15) is 55.5 Å². The minimum absolute atomic E-state index is 0.0168. The van der Waals surface area contributed by atoms with Crippen molar-refractivity contribution in [2.45, 2.75) is 55.9 Å². The molecule has 0 spiro atoms. The van der Waals surface area contributed by atoms with Crippen LogP contribution in [0, 0.1) is 5.92 Å². The minimum Gasteiger partial charge on any atom is -0.507 e. The van der Waals surface area contributed by atoms with Crippen LogP contribution in [-0.2, 0) is 21.8 Å². The van der Waals surface area contributed by atoms with Crippen LogP contribution < -0.4 is 14.4 Å². The fourth-order valence-electron chi connectivity index (χ4n) is 5.34. The van der Waals surface area contributed by atoms with Gasteiger partial charge in [-0.05, 0) is 78.4 Å². The van der Waals surface area contributed by atoms with Crippen LogP contribution in [0.5, 0.6) is 11.5 Å². The summed E-state index contributed by atoms with van der Waals surface area (Å²) in [5, 5.41) is 21.2. The van der Waals surface area contributed by atoms with Crippen molar-refractivity contribution in [1.29, 1.82) is 0 Å². The predicted molar refractivity (Wildman–Crippen MR) is 177 cm³/mol. The molecule has 2 atom stereocenters. The van der Waals surface area contributed by atoms with Crippen molar-refractivity contribution in [3.8, 4) is 11.5 Å². The van der Waals surface area contributed by atoms with E-state index in [2.05, 4.69) is 24.0 Å². The van der Waals surface area contributed by atoms with Crippen LogP contribution in [0.3, 0.4) is 0 Å². The third-order valence-corrected chi connectivity index (χ3v) is 10.0. The van der Waals surface area contributed by atoms with E-state index >= 15 is 0 Å². The number of aliphatic hydroxyl groups excluding tert-OH is 1. The average Bonchev–Trinajstić information content (AvgIpc) is 3.71. The number of aromatic nitrogens is 2. The Balaban J connectivity index is 1.37. The van der Waals surface area contributed by atoms with E-state index in [1.807, 2.05) is 61.5 Å². The number of fused-ring (bicyclic) bond motifs is 1.